The Hall–Kier alpha value is -1.32. The van der Waals surface area contributed by atoms with E-state index >= 15 is 0 Å². The molecule has 0 bridgehead atoms. The smallest absolute Gasteiger partial charge is 0.137 e. The molecule has 4 nitrogen and oxygen atoms in total. The van der Waals surface area contributed by atoms with E-state index in [-0.39, 0.29) is 0 Å². The molecule has 4 heteroatoms. The molecule has 1 heterocycles. The predicted molar refractivity (Wildman–Crippen MR) is 90.2 cm³/mol. The van der Waals surface area contributed by atoms with Crippen LogP contribution < -0.4 is 10.2 Å². The Kier molecular flexibility index (Phi) is 5.07. The van der Waals surface area contributed by atoms with Gasteiger partial charge >= 0.3 is 0 Å². The average molecular weight is 290 g/mol. The molecule has 0 amide bonds. The number of hydrogen-bond donors (Lipinski definition) is 1. The van der Waals surface area contributed by atoms with Crippen molar-refractivity contribution >= 4 is 11.6 Å². The minimum Gasteiger partial charge on any atom is -0.370 e. The molecule has 1 aliphatic carbocycles. The lowest BCUT2D eigenvalue weighted by Gasteiger charge is -2.28. The fraction of sp³-hybridized carbons (Fsp3) is 0.765. The summed E-state index contributed by atoms with van der Waals surface area (Å²) >= 11 is 0. The van der Waals surface area contributed by atoms with Crippen LogP contribution in [0.3, 0.4) is 0 Å². The van der Waals surface area contributed by atoms with Crippen LogP contribution in [0.5, 0.6) is 0 Å². The van der Waals surface area contributed by atoms with E-state index in [4.69, 9.17) is 9.97 Å². The van der Waals surface area contributed by atoms with Crippen molar-refractivity contribution in [1.29, 1.82) is 0 Å². The number of hydrogen-bond acceptors (Lipinski definition) is 4. The van der Waals surface area contributed by atoms with E-state index < -0.39 is 0 Å². The van der Waals surface area contributed by atoms with E-state index in [9.17, 15) is 0 Å². The Morgan fingerprint density at radius 3 is 2.33 bits per heavy atom. The molecular formula is C17H30N4. The van der Waals surface area contributed by atoms with Gasteiger partial charge in [0.2, 0.25) is 0 Å². The molecule has 2 rings (SSSR count). The van der Waals surface area contributed by atoms with Gasteiger partial charge in [-0.05, 0) is 32.6 Å². The fourth-order valence-electron chi connectivity index (χ4n) is 2.59. The Labute approximate surface area is 129 Å². The maximum Gasteiger partial charge on any atom is 0.137 e. The summed E-state index contributed by atoms with van der Waals surface area (Å²) in [6.45, 7) is 15.1. The zero-order valence-corrected chi connectivity index (χ0v) is 14.4. The predicted octanol–water partition coefficient (Wildman–Crippen LogP) is 3.97. The summed E-state index contributed by atoms with van der Waals surface area (Å²) < 4.78 is 0. The van der Waals surface area contributed by atoms with Gasteiger partial charge < -0.3 is 10.2 Å². The molecule has 21 heavy (non-hydrogen) atoms. The zero-order valence-electron chi connectivity index (χ0n) is 14.4. The Morgan fingerprint density at radius 2 is 1.86 bits per heavy atom. The first kappa shape index (κ1) is 16.1. The molecule has 1 N–H and O–H groups in total. The number of nitrogens with one attached hydrogen (secondary N) is 1. The quantitative estimate of drug-likeness (QED) is 0.825. The van der Waals surface area contributed by atoms with Crippen LogP contribution in [-0.2, 0) is 0 Å². The lowest BCUT2D eigenvalue weighted by Crippen LogP contribution is -2.32. The van der Waals surface area contributed by atoms with E-state index in [0.717, 1.165) is 30.5 Å². The molecule has 0 atom stereocenters. The van der Waals surface area contributed by atoms with Crippen LogP contribution in [0.25, 0.3) is 0 Å². The van der Waals surface area contributed by atoms with Gasteiger partial charge in [0.15, 0.2) is 0 Å². The van der Waals surface area contributed by atoms with Gasteiger partial charge in [0.05, 0.1) is 0 Å². The number of aromatic nitrogens is 2. The number of rotatable bonds is 7. The second kappa shape index (κ2) is 6.63. The van der Waals surface area contributed by atoms with Crippen LogP contribution in [-0.4, -0.2) is 29.1 Å². The first-order valence-corrected chi connectivity index (χ1v) is 8.33. The molecule has 0 unspecified atom stereocenters. The number of nitrogens with zero attached hydrogens (tertiary/aromatic N) is 3. The first-order valence-electron chi connectivity index (χ1n) is 8.33. The molecule has 0 aromatic carbocycles. The Morgan fingerprint density at radius 1 is 1.19 bits per heavy atom. The summed E-state index contributed by atoms with van der Waals surface area (Å²) in [5, 5.41) is 3.40. The third-order valence-corrected chi connectivity index (χ3v) is 3.82. The van der Waals surface area contributed by atoms with Crippen molar-refractivity contribution in [2.75, 3.05) is 23.3 Å². The molecule has 118 valence electrons. The van der Waals surface area contributed by atoms with Crippen molar-refractivity contribution < 1.29 is 0 Å². The van der Waals surface area contributed by atoms with Crippen LogP contribution in [0.2, 0.25) is 0 Å². The lowest BCUT2D eigenvalue weighted by atomic mass is 10.1. The highest BCUT2D eigenvalue weighted by Crippen LogP contribution is 2.35. The lowest BCUT2D eigenvalue weighted by molar-refractivity contribution is 0.598. The fourth-order valence-corrected chi connectivity index (χ4v) is 2.59. The summed E-state index contributed by atoms with van der Waals surface area (Å²) in [6.07, 6.45) is 2.59. The standard InChI is InChI=1S/C17H30N4/c1-7-18-16-13(6)17(20-15(19-16)12(4)5)21(10-11(2)3)14-8-9-14/h11-12,14H,7-10H2,1-6H3,(H,18,19,20). The van der Waals surface area contributed by atoms with Crippen molar-refractivity contribution in [2.45, 2.75) is 66.3 Å². The Balaban J connectivity index is 2.43. The zero-order chi connectivity index (χ0) is 15.6. The van der Waals surface area contributed by atoms with Crippen molar-refractivity contribution in [1.82, 2.24) is 9.97 Å². The molecule has 1 aromatic rings. The molecule has 0 saturated heterocycles. The molecule has 1 saturated carbocycles. The van der Waals surface area contributed by atoms with Crippen LogP contribution in [0.1, 0.15) is 64.8 Å². The monoisotopic (exact) mass is 290 g/mol. The highest BCUT2D eigenvalue weighted by Gasteiger charge is 2.32. The minimum atomic E-state index is 0.349. The van der Waals surface area contributed by atoms with E-state index in [0.29, 0.717) is 17.9 Å². The molecule has 1 aromatic heterocycles. The van der Waals surface area contributed by atoms with Gasteiger partial charge in [-0.1, -0.05) is 27.7 Å². The van der Waals surface area contributed by atoms with Gasteiger partial charge in [0.1, 0.15) is 17.5 Å². The van der Waals surface area contributed by atoms with Gasteiger partial charge in [-0.25, -0.2) is 9.97 Å². The topological polar surface area (TPSA) is 41.1 Å². The third-order valence-electron chi connectivity index (χ3n) is 3.82. The average Bonchev–Trinajstić information content (AvgIpc) is 3.22. The van der Waals surface area contributed by atoms with Crippen molar-refractivity contribution in [2.24, 2.45) is 5.92 Å². The van der Waals surface area contributed by atoms with Crippen LogP contribution in [0, 0.1) is 12.8 Å². The molecular weight excluding hydrogens is 260 g/mol. The number of anilines is 2. The molecule has 0 spiro atoms. The normalized spacial score (nSPS) is 14.9. The maximum absolute atomic E-state index is 4.90. The summed E-state index contributed by atoms with van der Waals surface area (Å²) in [5.41, 5.74) is 1.19. The van der Waals surface area contributed by atoms with Gasteiger partial charge in [-0.3, -0.25) is 0 Å². The van der Waals surface area contributed by atoms with Crippen molar-refractivity contribution in [3.63, 3.8) is 0 Å². The third kappa shape index (κ3) is 3.86. The second-order valence-electron chi connectivity index (χ2n) is 6.84. The largest absolute Gasteiger partial charge is 0.370 e. The summed E-state index contributed by atoms with van der Waals surface area (Å²) in [5.74, 6) is 4.08. The Bertz CT molecular complexity index is 478. The minimum absolute atomic E-state index is 0.349. The molecule has 0 aliphatic heterocycles. The highest BCUT2D eigenvalue weighted by molar-refractivity contribution is 5.60. The first-order chi connectivity index (χ1) is 9.93. The van der Waals surface area contributed by atoms with Crippen molar-refractivity contribution in [3.05, 3.63) is 11.4 Å². The summed E-state index contributed by atoms with van der Waals surface area (Å²) in [4.78, 5) is 12.1. The van der Waals surface area contributed by atoms with E-state index in [1.54, 1.807) is 0 Å². The summed E-state index contributed by atoms with van der Waals surface area (Å²) in [6, 6.07) is 0.676. The van der Waals surface area contributed by atoms with Gasteiger partial charge in [-0.15, -0.1) is 0 Å². The van der Waals surface area contributed by atoms with Gasteiger partial charge in [0, 0.05) is 30.6 Å². The molecule has 1 fully saturated rings. The highest BCUT2D eigenvalue weighted by atomic mass is 15.3. The van der Waals surface area contributed by atoms with Crippen LogP contribution in [0.15, 0.2) is 0 Å². The second-order valence-corrected chi connectivity index (χ2v) is 6.84. The van der Waals surface area contributed by atoms with Crippen molar-refractivity contribution in [3.8, 4) is 0 Å². The molecule has 1 aliphatic rings. The maximum atomic E-state index is 4.90. The van der Waals surface area contributed by atoms with Crippen LogP contribution in [0.4, 0.5) is 11.6 Å². The van der Waals surface area contributed by atoms with E-state index in [2.05, 4.69) is 51.8 Å². The van der Waals surface area contributed by atoms with E-state index in [1.165, 1.54) is 18.4 Å². The van der Waals surface area contributed by atoms with Gasteiger partial charge in [-0.2, -0.15) is 0 Å². The van der Waals surface area contributed by atoms with Gasteiger partial charge in [0.25, 0.3) is 0 Å². The van der Waals surface area contributed by atoms with E-state index in [1.807, 2.05) is 0 Å². The summed E-state index contributed by atoms with van der Waals surface area (Å²) in [7, 11) is 0. The van der Waals surface area contributed by atoms with Crippen LogP contribution >= 0.6 is 0 Å². The SMILES string of the molecule is CCNc1nc(C(C)C)nc(N(CC(C)C)C2CC2)c1C. The molecule has 0 radical (unpaired) electrons.